The zero-order valence-corrected chi connectivity index (χ0v) is 15.3. The molecule has 0 fully saturated rings. The average Bonchev–Trinajstić information content (AvgIpc) is 2.56. The molecule has 0 spiro atoms. The molecular weight excluding hydrogens is 314 g/mol. The number of aromatic nitrogens is 3. The summed E-state index contributed by atoms with van der Waals surface area (Å²) in [5.41, 5.74) is 2.91. The van der Waals surface area contributed by atoms with E-state index in [0.717, 1.165) is 43.1 Å². The molecule has 2 aromatic heterocycles. The van der Waals surface area contributed by atoms with Crippen molar-refractivity contribution in [3.63, 3.8) is 0 Å². The van der Waals surface area contributed by atoms with Crippen LogP contribution in [0.2, 0.25) is 0 Å². The molecular formula is C19H25N5O. The summed E-state index contributed by atoms with van der Waals surface area (Å²) in [6.45, 7) is 10.1. The molecule has 2 aromatic rings. The lowest BCUT2D eigenvalue weighted by Crippen LogP contribution is -2.32. The van der Waals surface area contributed by atoms with Gasteiger partial charge in [-0.05, 0) is 13.0 Å². The Morgan fingerprint density at radius 3 is 2.88 bits per heavy atom. The fourth-order valence-electron chi connectivity index (χ4n) is 2.82. The summed E-state index contributed by atoms with van der Waals surface area (Å²) >= 11 is 0. The number of pyridine rings is 1. The Bertz CT molecular complexity index is 782. The van der Waals surface area contributed by atoms with E-state index in [9.17, 15) is 4.79 Å². The molecule has 0 unspecified atom stereocenters. The Morgan fingerprint density at radius 1 is 1.32 bits per heavy atom. The topological polar surface area (TPSA) is 71.0 Å². The highest BCUT2D eigenvalue weighted by molar-refractivity contribution is 5.94. The van der Waals surface area contributed by atoms with Gasteiger partial charge in [0.2, 0.25) is 5.91 Å². The van der Waals surface area contributed by atoms with Gasteiger partial charge in [-0.3, -0.25) is 9.69 Å². The van der Waals surface area contributed by atoms with Crippen molar-refractivity contribution >= 4 is 11.7 Å². The lowest BCUT2D eigenvalue weighted by molar-refractivity contribution is -0.123. The molecule has 0 saturated heterocycles. The van der Waals surface area contributed by atoms with Crippen molar-refractivity contribution in [2.24, 2.45) is 5.41 Å². The van der Waals surface area contributed by atoms with Crippen molar-refractivity contribution in [2.75, 3.05) is 11.9 Å². The van der Waals surface area contributed by atoms with E-state index in [-0.39, 0.29) is 5.91 Å². The Balaban J connectivity index is 1.74. The van der Waals surface area contributed by atoms with Crippen molar-refractivity contribution in [2.45, 2.75) is 47.2 Å². The number of amides is 1. The molecule has 25 heavy (non-hydrogen) atoms. The quantitative estimate of drug-likeness (QED) is 0.931. The van der Waals surface area contributed by atoms with Crippen LogP contribution in [0, 0.1) is 12.3 Å². The molecule has 1 amide bonds. The summed E-state index contributed by atoms with van der Waals surface area (Å²) in [5.74, 6) is 1.44. The van der Waals surface area contributed by atoms with E-state index in [2.05, 4.69) is 25.2 Å². The Hall–Kier alpha value is -2.34. The molecule has 0 atom stereocenters. The molecule has 1 aliphatic heterocycles. The molecule has 6 heteroatoms. The highest BCUT2D eigenvalue weighted by Gasteiger charge is 2.24. The molecule has 3 heterocycles. The van der Waals surface area contributed by atoms with Gasteiger partial charge in [-0.15, -0.1) is 0 Å². The maximum atomic E-state index is 12.3. The van der Waals surface area contributed by atoms with Crippen LogP contribution in [-0.2, 0) is 24.3 Å². The van der Waals surface area contributed by atoms with Gasteiger partial charge in [-0.2, -0.15) is 0 Å². The van der Waals surface area contributed by atoms with Crippen LogP contribution in [0.5, 0.6) is 0 Å². The van der Waals surface area contributed by atoms with E-state index >= 15 is 0 Å². The molecule has 0 aliphatic carbocycles. The number of nitrogens with zero attached hydrogens (tertiary/aromatic N) is 4. The Labute approximate surface area is 148 Å². The van der Waals surface area contributed by atoms with Gasteiger partial charge < -0.3 is 5.32 Å². The summed E-state index contributed by atoms with van der Waals surface area (Å²) in [4.78, 5) is 27.8. The van der Waals surface area contributed by atoms with E-state index in [1.165, 1.54) is 5.56 Å². The number of aryl methyl sites for hydroxylation is 1. The second-order valence-electron chi connectivity index (χ2n) is 7.57. The summed E-state index contributed by atoms with van der Waals surface area (Å²) in [5, 5.41) is 2.97. The zero-order valence-electron chi connectivity index (χ0n) is 15.3. The largest absolute Gasteiger partial charge is 0.310 e. The lowest BCUT2D eigenvalue weighted by Gasteiger charge is -2.28. The zero-order chi connectivity index (χ0) is 18.0. The molecule has 1 aliphatic rings. The number of hydrogen-bond acceptors (Lipinski definition) is 5. The minimum Gasteiger partial charge on any atom is -0.310 e. The van der Waals surface area contributed by atoms with Gasteiger partial charge in [-0.25, -0.2) is 15.0 Å². The minimum atomic E-state index is -0.450. The maximum Gasteiger partial charge on any atom is 0.230 e. The molecule has 0 bridgehead atoms. The van der Waals surface area contributed by atoms with Gasteiger partial charge in [-0.1, -0.05) is 26.8 Å². The summed E-state index contributed by atoms with van der Waals surface area (Å²) in [6.07, 6.45) is 4.56. The van der Waals surface area contributed by atoms with Gasteiger partial charge in [0, 0.05) is 60.7 Å². The number of fused-ring (bicyclic) bond motifs is 1. The molecule has 0 aromatic carbocycles. The second-order valence-corrected chi connectivity index (χ2v) is 7.57. The van der Waals surface area contributed by atoms with Gasteiger partial charge >= 0.3 is 0 Å². The second kappa shape index (κ2) is 6.88. The predicted molar refractivity (Wildman–Crippen MR) is 96.9 cm³/mol. The van der Waals surface area contributed by atoms with Crippen LogP contribution in [0.3, 0.4) is 0 Å². The first-order valence-corrected chi connectivity index (χ1v) is 8.62. The van der Waals surface area contributed by atoms with Gasteiger partial charge in [0.1, 0.15) is 11.6 Å². The van der Waals surface area contributed by atoms with Crippen LogP contribution >= 0.6 is 0 Å². The third-order valence-corrected chi connectivity index (χ3v) is 4.33. The summed E-state index contributed by atoms with van der Waals surface area (Å²) in [6, 6.07) is 3.93. The molecule has 1 N–H and O–H groups in total. The van der Waals surface area contributed by atoms with Crippen LogP contribution in [0.1, 0.15) is 43.4 Å². The number of anilines is 1. The third-order valence-electron chi connectivity index (χ3n) is 4.33. The number of hydrogen-bond donors (Lipinski definition) is 1. The summed E-state index contributed by atoms with van der Waals surface area (Å²) in [7, 11) is 0. The van der Waals surface area contributed by atoms with Crippen LogP contribution < -0.4 is 5.32 Å². The van der Waals surface area contributed by atoms with E-state index in [1.807, 2.05) is 46.0 Å². The standard InChI is InChI=1S/C19H25N5O/c1-13-21-10-15-12-24(9-7-16(15)22-13)11-14-6-5-8-20-17(14)23-18(25)19(2,3)4/h5-6,8,10H,7,9,11-12H2,1-4H3,(H,20,23,25). The molecule has 132 valence electrons. The molecule has 0 radical (unpaired) electrons. The third kappa shape index (κ3) is 4.20. The van der Waals surface area contributed by atoms with Crippen molar-refractivity contribution < 1.29 is 4.79 Å². The predicted octanol–water partition coefficient (Wildman–Crippen LogP) is 2.72. The Morgan fingerprint density at radius 2 is 2.12 bits per heavy atom. The average molecular weight is 339 g/mol. The minimum absolute atomic E-state index is 0.0275. The monoisotopic (exact) mass is 339 g/mol. The van der Waals surface area contributed by atoms with Gasteiger partial charge in [0.05, 0.1) is 0 Å². The number of nitrogens with one attached hydrogen (secondary N) is 1. The van der Waals surface area contributed by atoms with E-state index in [0.29, 0.717) is 5.82 Å². The fourth-order valence-corrected chi connectivity index (χ4v) is 2.82. The summed E-state index contributed by atoms with van der Waals surface area (Å²) < 4.78 is 0. The lowest BCUT2D eigenvalue weighted by atomic mass is 9.95. The van der Waals surface area contributed by atoms with Gasteiger partial charge in [0.25, 0.3) is 0 Å². The first-order chi connectivity index (χ1) is 11.8. The van der Waals surface area contributed by atoms with Crippen LogP contribution in [-0.4, -0.2) is 32.3 Å². The first-order valence-electron chi connectivity index (χ1n) is 8.62. The fraction of sp³-hybridized carbons (Fsp3) is 0.474. The van der Waals surface area contributed by atoms with Crippen molar-refractivity contribution in [3.05, 3.63) is 47.2 Å². The molecule has 0 saturated carbocycles. The van der Waals surface area contributed by atoms with Crippen molar-refractivity contribution in [1.82, 2.24) is 19.9 Å². The number of carbonyl (C=O) groups excluding carboxylic acids is 1. The van der Waals surface area contributed by atoms with Crippen LogP contribution in [0.25, 0.3) is 0 Å². The van der Waals surface area contributed by atoms with Crippen LogP contribution in [0.4, 0.5) is 5.82 Å². The van der Waals surface area contributed by atoms with E-state index in [4.69, 9.17) is 0 Å². The maximum absolute atomic E-state index is 12.3. The van der Waals surface area contributed by atoms with Crippen LogP contribution in [0.15, 0.2) is 24.5 Å². The smallest absolute Gasteiger partial charge is 0.230 e. The highest BCUT2D eigenvalue weighted by atomic mass is 16.2. The molecule has 3 rings (SSSR count). The number of rotatable bonds is 3. The van der Waals surface area contributed by atoms with E-state index in [1.54, 1.807) is 6.20 Å². The highest BCUT2D eigenvalue weighted by Crippen LogP contribution is 2.23. The first kappa shape index (κ1) is 17.5. The Kier molecular flexibility index (Phi) is 4.81. The SMILES string of the molecule is Cc1ncc2c(n1)CCN(Cc1cccnc1NC(=O)C(C)(C)C)C2. The van der Waals surface area contributed by atoms with Crippen molar-refractivity contribution in [3.8, 4) is 0 Å². The van der Waals surface area contributed by atoms with E-state index < -0.39 is 5.41 Å². The molecule has 6 nitrogen and oxygen atoms in total. The van der Waals surface area contributed by atoms with Crippen molar-refractivity contribution in [1.29, 1.82) is 0 Å². The number of carbonyl (C=O) groups is 1. The normalized spacial score (nSPS) is 14.9. The van der Waals surface area contributed by atoms with Gasteiger partial charge in [0.15, 0.2) is 0 Å².